The van der Waals surface area contributed by atoms with Crippen molar-refractivity contribution in [1.82, 2.24) is 9.71 Å². The van der Waals surface area contributed by atoms with Crippen LogP contribution in [0.2, 0.25) is 0 Å². The van der Waals surface area contributed by atoms with Crippen LogP contribution < -0.4 is 10.3 Å². The number of aliphatic hydroxyl groups is 2. The van der Waals surface area contributed by atoms with Crippen molar-refractivity contribution in [1.29, 1.82) is 0 Å². The Bertz CT molecular complexity index is 673. The van der Waals surface area contributed by atoms with Crippen molar-refractivity contribution >= 4 is 10.9 Å². The standard InChI is InChI=1S/C14H18N2O4/c1-9-6-12(17)10-7-15-5-4-11(10)16(9)20-8-13(18)14(2,3)19/h4-7,13,18-19H,8H2,1-3H3. The molecule has 0 saturated heterocycles. The summed E-state index contributed by atoms with van der Waals surface area (Å²) in [5, 5.41) is 19.9. The Morgan fingerprint density at radius 3 is 2.85 bits per heavy atom. The Morgan fingerprint density at radius 2 is 2.20 bits per heavy atom. The van der Waals surface area contributed by atoms with E-state index >= 15 is 0 Å². The lowest BCUT2D eigenvalue weighted by Crippen LogP contribution is -2.42. The van der Waals surface area contributed by atoms with Gasteiger partial charge in [-0.25, -0.2) is 0 Å². The van der Waals surface area contributed by atoms with Crippen LogP contribution in [0.3, 0.4) is 0 Å². The van der Waals surface area contributed by atoms with Crippen LogP contribution in [0.15, 0.2) is 29.3 Å². The Labute approximate surface area is 116 Å². The van der Waals surface area contributed by atoms with Crippen molar-refractivity contribution in [2.24, 2.45) is 0 Å². The highest BCUT2D eigenvalue weighted by atomic mass is 16.7. The number of fused-ring (bicyclic) bond motifs is 1. The third-order valence-electron chi connectivity index (χ3n) is 3.12. The van der Waals surface area contributed by atoms with Gasteiger partial charge in [0.2, 0.25) is 0 Å². The van der Waals surface area contributed by atoms with E-state index in [9.17, 15) is 15.0 Å². The summed E-state index contributed by atoms with van der Waals surface area (Å²) < 4.78 is 1.47. The average Bonchev–Trinajstić information content (AvgIpc) is 2.37. The summed E-state index contributed by atoms with van der Waals surface area (Å²) in [6, 6.07) is 3.11. The first-order valence-corrected chi connectivity index (χ1v) is 6.31. The molecule has 1 unspecified atom stereocenters. The van der Waals surface area contributed by atoms with Gasteiger partial charge in [0.05, 0.1) is 22.2 Å². The maximum atomic E-state index is 11.9. The number of nitrogens with zero attached hydrogens (tertiary/aromatic N) is 2. The number of hydrogen-bond donors (Lipinski definition) is 2. The lowest BCUT2D eigenvalue weighted by atomic mass is 10.0. The molecule has 2 aromatic heterocycles. The number of rotatable bonds is 4. The van der Waals surface area contributed by atoms with E-state index in [0.717, 1.165) is 0 Å². The minimum absolute atomic E-state index is 0.0926. The van der Waals surface area contributed by atoms with Gasteiger partial charge in [-0.05, 0) is 26.8 Å². The van der Waals surface area contributed by atoms with Crippen molar-refractivity contribution in [2.75, 3.05) is 6.61 Å². The van der Waals surface area contributed by atoms with Crippen molar-refractivity contribution < 1.29 is 15.1 Å². The average molecular weight is 278 g/mol. The zero-order valence-electron chi connectivity index (χ0n) is 11.7. The van der Waals surface area contributed by atoms with E-state index in [-0.39, 0.29) is 12.0 Å². The molecule has 0 aromatic carbocycles. The van der Waals surface area contributed by atoms with Gasteiger partial charge in [-0.1, -0.05) is 0 Å². The lowest BCUT2D eigenvalue weighted by Gasteiger charge is -2.25. The zero-order chi connectivity index (χ0) is 14.9. The van der Waals surface area contributed by atoms with Crippen LogP contribution in [0.5, 0.6) is 0 Å². The summed E-state index contributed by atoms with van der Waals surface area (Å²) in [4.78, 5) is 21.3. The van der Waals surface area contributed by atoms with E-state index < -0.39 is 11.7 Å². The molecule has 108 valence electrons. The van der Waals surface area contributed by atoms with Gasteiger partial charge in [0.1, 0.15) is 12.7 Å². The van der Waals surface area contributed by atoms with Gasteiger partial charge in [0.15, 0.2) is 5.43 Å². The quantitative estimate of drug-likeness (QED) is 0.838. The number of aryl methyl sites for hydroxylation is 1. The zero-order valence-corrected chi connectivity index (χ0v) is 11.7. The van der Waals surface area contributed by atoms with Crippen LogP contribution in [0.1, 0.15) is 19.5 Å². The first kappa shape index (κ1) is 14.5. The third kappa shape index (κ3) is 2.81. The number of aliphatic hydroxyl groups excluding tert-OH is 1. The van der Waals surface area contributed by atoms with E-state index in [2.05, 4.69) is 4.98 Å². The molecule has 0 bridgehead atoms. The normalized spacial score (nSPS) is 13.4. The van der Waals surface area contributed by atoms with Gasteiger partial charge in [0.25, 0.3) is 0 Å². The predicted octanol–water partition coefficient (Wildman–Crippen LogP) is 0.265. The minimum Gasteiger partial charge on any atom is -0.411 e. The van der Waals surface area contributed by atoms with Crippen molar-refractivity contribution in [3.05, 3.63) is 40.4 Å². The molecule has 0 amide bonds. The molecule has 2 aromatic rings. The maximum Gasteiger partial charge on any atom is 0.191 e. The molecule has 0 saturated carbocycles. The van der Waals surface area contributed by atoms with E-state index in [0.29, 0.717) is 16.6 Å². The molecule has 0 aliphatic carbocycles. The Morgan fingerprint density at radius 1 is 1.50 bits per heavy atom. The van der Waals surface area contributed by atoms with Crippen LogP contribution in [0, 0.1) is 6.92 Å². The summed E-state index contributed by atoms with van der Waals surface area (Å²) in [5.41, 5.74) is -0.206. The topological polar surface area (TPSA) is 84.6 Å². The highest BCUT2D eigenvalue weighted by molar-refractivity contribution is 5.77. The number of pyridine rings is 2. The highest BCUT2D eigenvalue weighted by Crippen LogP contribution is 2.12. The smallest absolute Gasteiger partial charge is 0.191 e. The van der Waals surface area contributed by atoms with Crippen LogP contribution in [0.4, 0.5) is 0 Å². The number of hydrogen-bond acceptors (Lipinski definition) is 5. The number of aromatic nitrogens is 2. The second-order valence-corrected chi connectivity index (χ2v) is 5.30. The first-order valence-electron chi connectivity index (χ1n) is 6.31. The molecule has 0 radical (unpaired) electrons. The van der Waals surface area contributed by atoms with Crippen molar-refractivity contribution in [2.45, 2.75) is 32.5 Å². The summed E-state index contributed by atoms with van der Waals surface area (Å²) in [5.74, 6) is 0. The van der Waals surface area contributed by atoms with Crippen molar-refractivity contribution in [3.63, 3.8) is 0 Å². The summed E-state index contributed by atoms with van der Waals surface area (Å²) in [6.45, 7) is 4.64. The van der Waals surface area contributed by atoms with Crippen molar-refractivity contribution in [3.8, 4) is 0 Å². The lowest BCUT2D eigenvalue weighted by molar-refractivity contribution is -0.0867. The van der Waals surface area contributed by atoms with Gasteiger partial charge >= 0.3 is 0 Å². The summed E-state index contributed by atoms with van der Waals surface area (Å²) in [7, 11) is 0. The Kier molecular flexibility index (Phi) is 3.78. The molecular formula is C14H18N2O4. The molecule has 6 heteroatoms. The van der Waals surface area contributed by atoms with Gasteiger partial charge in [-0.15, -0.1) is 0 Å². The van der Waals surface area contributed by atoms with Gasteiger partial charge in [-0.2, -0.15) is 4.73 Å². The third-order valence-corrected chi connectivity index (χ3v) is 3.12. The van der Waals surface area contributed by atoms with E-state index in [1.54, 1.807) is 19.2 Å². The minimum atomic E-state index is -1.26. The SMILES string of the molecule is Cc1cc(=O)c2cnccc2n1OCC(O)C(C)(C)O. The molecule has 0 aliphatic rings. The molecule has 2 heterocycles. The Balaban J connectivity index is 2.38. The highest BCUT2D eigenvalue weighted by Gasteiger charge is 2.25. The molecule has 0 aliphatic heterocycles. The van der Waals surface area contributed by atoms with E-state index in [4.69, 9.17) is 4.84 Å². The fourth-order valence-electron chi connectivity index (χ4n) is 1.79. The maximum absolute atomic E-state index is 11.9. The fourth-order valence-corrected chi connectivity index (χ4v) is 1.79. The molecule has 0 spiro atoms. The second kappa shape index (κ2) is 5.22. The fraction of sp³-hybridized carbons (Fsp3) is 0.429. The first-order chi connectivity index (χ1) is 9.30. The molecule has 2 N–H and O–H groups in total. The molecular weight excluding hydrogens is 260 g/mol. The molecule has 1 atom stereocenters. The molecule has 0 fully saturated rings. The summed E-state index contributed by atoms with van der Waals surface area (Å²) in [6.07, 6.45) is 2.00. The molecule has 2 rings (SSSR count). The largest absolute Gasteiger partial charge is 0.411 e. The predicted molar refractivity (Wildman–Crippen MR) is 74.5 cm³/mol. The Hall–Kier alpha value is -1.92. The van der Waals surface area contributed by atoms with Gasteiger partial charge < -0.3 is 15.1 Å². The monoisotopic (exact) mass is 278 g/mol. The van der Waals surface area contributed by atoms with E-state index in [1.807, 2.05) is 0 Å². The van der Waals surface area contributed by atoms with Crippen LogP contribution in [-0.4, -0.2) is 38.2 Å². The van der Waals surface area contributed by atoms with E-state index in [1.165, 1.54) is 30.8 Å². The molecule has 20 heavy (non-hydrogen) atoms. The van der Waals surface area contributed by atoms with Gasteiger partial charge in [0, 0.05) is 18.5 Å². The van der Waals surface area contributed by atoms with Crippen LogP contribution in [-0.2, 0) is 0 Å². The second-order valence-electron chi connectivity index (χ2n) is 5.30. The summed E-state index contributed by atoms with van der Waals surface area (Å²) >= 11 is 0. The van der Waals surface area contributed by atoms with Crippen LogP contribution in [0.25, 0.3) is 10.9 Å². The molecule has 6 nitrogen and oxygen atoms in total. The van der Waals surface area contributed by atoms with Crippen LogP contribution >= 0.6 is 0 Å². The van der Waals surface area contributed by atoms with Gasteiger partial charge in [-0.3, -0.25) is 9.78 Å².